The Morgan fingerprint density at radius 1 is 0.951 bits per heavy atom. The number of carbonyl (C=O) groups is 1. The molecule has 2 bridgehead atoms. The zero-order valence-electron chi connectivity index (χ0n) is 26.2. The number of aromatic nitrogens is 2. The Bertz CT molecular complexity index is 1360. The molecule has 1 amide bonds. The molecule has 3 atom stereocenters. The molecule has 2 aromatic carbocycles. The minimum atomic E-state index is -0.318. The van der Waals surface area contributed by atoms with Gasteiger partial charge in [-0.25, -0.2) is 4.98 Å². The number of nitrogens with zero attached hydrogens (tertiary/aromatic N) is 4. The third kappa shape index (κ3) is 5.35. The number of hydrogen-bond acceptors (Lipinski definition) is 3. The topological polar surface area (TPSA) is 41.4 Å². The lowest BCUT2D eigenvalue weighted by Gasteiger charge is -2.46. The summed E-state index contributed by atoms with van der Waals surface area (Å²) in [7, 11) is 0. The number of fused-ring (bicyclic) bond motifs is 3. The van der Waals surface area contributed by atoms with Crippen LogP contribution in [-0.2, 0) is 10.2 Å². The maximum absolute atomic E-state index is 13.1. The van der Waals surface area contributed by atoms with Gasteiger partial charge >= 0.3 is 0 Å². The van der Waals surface area contributed by atoms with Gasteiger partial charge in [0.25, 0.3) is 0 Å². The van der Waals surface area contributed by atoms with Gasteiger partial charge in [0.2, 0.25) is 5.91 Å². The van der Waals surface area contributed by atoms with Crippen molar-refractivity contribution in [2.45, 2.75) is 116 Å². The molecule has 4 heterocycles. The highest BCUT2D eigenvalue weighted by Crippen LogP contribution is 2.45. The second kappa shape index (κ2) is 10.9. The van der Waals surface area contributed by atoms with Crippen LogP contribution in [0, 0.1) is 12.3 Å². The van der Waals surface area contributed by atoms with Crippen molar-refractivity contribution in [3.8, 4) is 0 Å². The van der Waals surface area contributed by atoms with E-state index in [9.17, 15) is 4.79 Å². The maximum atomic E-state index is 13.1. The lowest BCUT2D eigenvalue weighted by molar-refractivity contribution is -0.141. The number of piperidine rings is 2. The lowest BCUT2D eigenvalue weighted by Crippen LogP contribution is -2.50. The first-order valence-electron chi connectivity index (χ1n) is 16.1. The second-order valence-corrected chi connectivity index (χ2v) is 14.6. The molecule has 0 spiro atoms. The number of imidazole rings is 1. The monoisotopic (exact) mass is 554 g/mol. The van der Waals surface area contributed by atoms with Crippen LogP contribution in [0.2, 0.25) is 0 Å². The van der Waals surface area contributed by atoms with E-state index in [1.54, 1.807) is 0 Å². The summed E-state index contributed by atoms with van der Waals surface area (Å²) in [5.41, 5.74) is 5.13. The van der Waals surface area contributed by atoms with Gasteiger partial charge in [-0.2, -0.15) is 0 Å². The van der Waals surface area contributed by atoms with E-state index < -0.39 is 0 Å². The summed E-state index contributed by atoms with van der Waals surface area (Å²) in [6, 6.07) is 20.0. The van der Waals surface area contributed by atoms with Crippen molar-refractivity contribution >= 4 is 16.9 Å². The zero-order chi connectivity index (χ0) is 28.9. The third-order valence-corrected chi connectivity index (χ3v) is 10.7. The second-order valence-electron chi connectivity index (χ2n) is 14.6. The predicted molar refractivity (Wildman–Crippen MR) is 168 cm³/mol. The van der Waals surface area contributed by atoms with Gasteiger partial charge in [-0.1, -0.05) is 71.0 Å². The van der Waals surface area contributed by atoms with E-state index in [0.29, 0.717) is 30.0 Å². The molecule has 5 heteroatoms. The van der Waals surface area contributed by atoms with Crippen LogP contribution in [0.25, 0.3) is 11.0 Å². The van der Waals surface area contributed by atoms with E-state index in [1.807, 2.05) is 0 Å². The van der Waals surface area contributed by atoms with E-state index >= 15 is 0 Å². The van der Waals surface area contributed by atoms with E-state index in [2.05, 4.69) is 104 Å². The van der Waals surface area contributed by atoms with Gasteiger partial charge in [-0.15, -0.1) is 0 Å². The van der Waals surface area contributed by atoms with Gasteiger partial charge in [0.05, 0.1) is 11.0 Å². The van der Waals surface area contributed by atoms with Crippen molar-refractivity contribution in [1.82, 2.24) is 19.4 Å². The fraction of sp³-hybridized carbons (Fsp3) is 0.611. The molecular weight excluding hydrogens is 504 g/mol. The molecule has 1 aromatic heterocycles. The summed E-state index contributed by atoms with van der Waals surface area (Å²) in [4.78, 5) is 23.0. The quantitative estimate of drug-likeness (QED) is 0.315. The van der Waals surface area contributed by atoms with Gasteiger partial charge in [-0.05, 0) is 93.0 Å². The van der Waals surface area contributed by atoms with Gasteiger partial charge in [0.1, 0.15) is 5.82 Å². The van der Waals surface area contributed by atoms with Crippen LogP contribution in [0.1, 0.15) is 108 Å². The molecule has 3 aromatic rings. The molecular formula is C36H50N4O. The highest BCUT2D eigenvalue weighted by atomic mass is 16.2. The van der Waals surface area contributed by atoms with Crippen LogP contribution in [0.5, 0.6) is 0 Å². The van der Waals surface area contributed by atoms with Crippen LogP contribution in [-0.4, -0.2) is 57.0 Å². The molecule has 0 saturated carbocycles. The summed E-state index contributed by atoms with van der Waals surface area (Å²) >= 11 is 0. The van der Waals surface area contributed by atoms with Gasteiger partial charge in [0, 0.05) is 36.6 Å². The van der Waals surface area contributed by atoms with Gasteiger partial charge in [0.15, 0.2) is 0 Å². The van der Waals surface area contributed by atoms with Crippen LogP contribution >= 0.6 is 0 Å². The first-order valence-corrected chi connectivity index (χ1v) is 16.1. The molecule has 5 nitrogen and oxygen atoms in total. The van der Waals surface area contributed by atoms with E-state index in [4.69, 9.17) is 4.98 Å². The number of carbonyl (C=O) groups excluding carboxylic acids is 1. The number of para-hydroxylation sites is 2. The number of benzene rings is 2. The molecule has 1 unspecified atom stereocenters. The Hall–Kier alpha value is -2.66. The molecule has 3 fully saturated rings. The molecule has 220 valence electrons. The van der Waals surface area contributed by atoms with E-state index in [0.717, 1.165) is 43.8 Å². The summed E-state index contributed by atoms with van der Waals surface area (Å²) in [5.74, 6) is 1.99. The summed E-state index contributed by atoms with van der Waals surface area (Å²) in [6.07, 6.45) is 8.37. The van der Waals surface area contributed by atoms with E-state index in [-0.39, 0.29) is 10.8 Å². The largest absolute Gasteiger partial charge is 0.342 e. The fourth-order valence-corrected chi connectivity index (χ4v) is 8.31. The molecule has 3 aliphatic heterocycles. The summed E-state index contributed by atoms with van der Waals surface area (Å²) in [6.45, 7) is 15.8. The fourth-order valence-electron chi connectivity index (χ4n) is 8.31. The van der Waals surface area contributed by atoms with E-state index in [1.165, 1.54) is 48.7 Å². The third-order valence-electron chi connectivity index (χ3n) is 10.7. The molecule has 41 heavy (non-hydrogen) atoms. The number of likely N-dealkylation sites (tertiary alicyclic amines) is 1. The van der Waals surface area contributed by atoms with Crippen molar-refractivity contribution in [1.29, 1.82) is 0 Å². The number of amides is 1. The van der Waals surface area contributed by atoms with Crippen LogP contribution in [0.3, 0.4) is 0 Å². The van der Waals surface area contributed by atoms with Gasteiger partial charge < -0.3 is 9.47 Å². The molecule has 6 rings (SSSR count). The molecule has 0 radical (unpaired) electrons. The zero-order valence-corrected chi connectivity index (χ0v) is 26.2. The van der Waals surface area contributed by atoms with Crippen molar-refractivity contribution in [3.05, 3.63) is 65.5 Å². The maximum Gasteiger partial charge on any atom is 0.227 e. The molecule has 0 aliphatic carbocycles. The van der Waals surface area contributed by atoms with Crippen LogP contribution < -0.4 is 0 Å². The first-order chi connectivity index (χ1) is 19.6. The predicted octanol–water partition coefficient (Wildman–Crippen LogP) is 7.63. The minimum absolute atomic E-state index is 0.137. The van der Waals surface area contributed by atoms with Gasteiger partial charge in [-0.3, -0.25) is 9.69 Å². The lowest BCUT2D eigenvalue weighted by atomic mass is 9.69. The Kier molecular flexibility index (Phi) is 7.55. The molecule has 0 N–H and O–H groups in total. The summed E-state index contributed by atoms with van der Waals surface area (Å²) < 4.78 is 2.54. The summed E-state index contributed by atoms with van der Waals surface area (Å²) in [5, 5.41) is 0. The van der Waals surface area contributed by atoms with Crippen molar-refractivity contribution in [3.63, 3.8) is 0 Å². The highest BCUT2D eigenvalue weighted by Gasteiger charge is 2.44. The van der Waals surface area contributed by atoms with Crippen LogP contribution in [0.4, 0.5) is 0 Å². The van der Waals surface area contributed by atoms with Crippen LogP contribution in [0.15, 0.2) is 48.5 Å². The number of rotatable bonds is 6. The molecule has 3 saturated heterocycles. The van der Waals surface area contributed by atoms with Crippen molar-refractivity contribution < 1.29 is 4.79 Å². The highest BCUT2D eigenvalue weighted by molar-refractivity contribution is 5.81. The number of aryl methyl sites for hydroxylation is 1. The normalized spacial score (nSPS) is 24.9. The average molecular weight is 555 g/mol. The van der Waals surface area contributed by atoms with Crippen molar-refractivity contribution in [2.24, 2.45) is 5.41 Å². The smallest absolute Gasteiger partial charge is 0.227 e. The standard InChI is InChI=1S/C36H50N4O/c1-25(2)27-11-13-28(14-12-27)36(17-20-38(21-18-36)34(41)35(4,5)6)19-22-39-29-15-16-30(39)24-31(23-29)40-26(3)37-32-9-7-8-10-33(32)40/h7-14,25,29-31H,15-24H2,1-6H3/t29-,30+,31?. The Balaban J connectivity index is 1.20. The Morgan fingerprint density at radius 3 is 2.20 bits per heavy atom. The minimum Gasteiger partial charge on any atom is -0.342 e. The Labute approximate surface area is 247 Å². The Morgan fingerprint density at radius 2 is 1.59 bits per heavy atom. The van der Waals surface area contributed by atoms with Crippen molar-refractivity contribution in [2.75, 3.05) is 19.6 Å². The molecule has 3 aliphatic rings. The number of hydrogen-bond donors (Lipinski definition) is 0. The SMILES string of the molecule is Cc1nc2ccccc2n1C1C[C@H]2CC[C@@H](C1)N2CCC1(c2ccc(C(C)C)cc2)CCN(C(=O)C(C)(C)C)CC1. The first kappa shape index (κ1) is 28.5. The average Bonchev–Trinajstić information content (AvgIpc) is 3.41.